The first-order valence-electron chi connectivity index (χ1n) is 20.1. The molecule has 1 aliphatic rings. The van der Waals surface area contributed by atoms with Crippen molar-refractivity contribution in [3.05, 3.63) is 111 Å². The number of phenols is 5. The Hall–Kier alpha value is -6.47. The molecule has 6 rings (SSSR count). The molecule has 14 heteroatoms. The molecule has 1 unspecified atom stereocenters. The highest BCUT2D eigenvalue weighted by Gasteiger charge is 2.15. The quantitative estimate of drug-likeness (QED) is 0.0307. The Morgan fingerprint density at radius 3 is 1.87 bits per heavy atom. The third-order valence-electron chi connectivity index (χ3n) is 9.50. The van der Waals surface area contributed by atoms with E-state index in [-0.39, 0.29) is 51.9 Å². The Morgan fingerprint density at radius 2 is 1.30 bits per heavy atom. The van der Waals surface area contributed by atoms with Gasteiger partial charge in [0.25, 0.3) is 0 Å². The summed E-state index contributed by atoms with van der Waals surface area (Å²) in [6.07, 6.45) is 10.9. The molecular weight excluding hydrogens is 789 g/mol. The average Bonchev–Trinajstić information content (AvgIpc) is 3.25. The van der Waals surface area contributed by atoms with Crippen LogP contribution in [0.4, 0.5) is 0 Å². The lowest BCUT2D eigenvalue weighted by Crippen LogP contribution is -2.22. The molecule has 1 fully saturated rings. The van der Waals surface area contributed by atoms with Gasteiger partial charge in [0.2, 0.25) is 11.5 Å². The molecule has 0 bridgehead atoms. The van der Waals surface area contributed by atoms with Crippen molar-refractivity contribution in [2.24, 2.45) is 0 Å². The topological polar surface area (TPSA) is 227 Å². The maximum atomic E-state index is 12.3. The number of phenolic OH excluding ortho intramolecular Hbond substituents is 5. The van der Waals surface area contributed by atoms with Crippen molar-refractivity contribution in [1.82, 2.24) is 0 Å². The second-order valence-electron chi connectivity index (χ2n) is 14.0. The number of ether oxygens (including phenoxy) is 3. The van der Waals surface area contributed by atoms with Crippen LogP contribution in [0.1, 0.15) is 92.8 Å². The fourth-order valence-corrected chi connectivity index (χ4v) is 6.10. The molecule has 5 N–H and O–H groups in total. The van der Waals surface area contributed by atoms with E-state index in [2.05, 4.69) is 31.2 Å². The predicted molar refractivity (Wildman–Crippen MR) is 226 cm³/mol. The van der Waals surface area contributed by atoms with Gasteiger partial charge >= 0.3 is 12.1 Å². The third-order valence-corrected chi connectivity index (χ3v) is 9.50. The number of Topliss-reactive ketones (excluding diaryl/α,β-unsaturated/α-hetero) is 1. The summed E-state index contributed by atoms with van der Waals surface area (Å²) in [4.78, 5) is 50.0. The highest BCUT2D eigenvalue weighted by Crippen LogP contribution is 2.37. The summed E-state index contributed by atoms with van der Waals surface area (Å²) >= 11 is 0. The number of carbonyl (C=O) groups is 2. The normalized spacial score (nSPS) is 12.9. The van der Waals surface area contributed by atoms with E-state index >= 15 is 0 Å². The van der Waals surface area contributed by atoms with E-state index < -0.39 is 23.0 Å². The van der Waals surface area contributed by atoms with Crippen LogP contribution in [0.5, 0.6) is 28.7 Å². The van der Waals surface area contributed by atoms with Gasteiger partial charge in [-0.3, -0.25) is 14.4 Å². The molecule has 61 heavy (non-hydrogen) atoms. The van der Waals surface area contributed by atoms with Gasteiger partial charge in [-0.05, 0) is 112 Å². The van der Waals surface area contributed by atoms with E-state index in [0.717, 1.165) is 69.8 Å². The molecule has 0 aliphatic carbocycles. The van der Waals surface area contributed by atoms with E-state index in [1.807, 2.05) is 24.3 Å². The van der Waals surface area contributed by atoms with Crippen LogP contribution < -0.4 is 5.43 Å². The number of carbonyl (C=O) groups excluding carboxylic acids is 4. The van der Waals surface area contributed by atoms with Gasteiger partial charge in [0, 0.05) is 31.8 Å². The molecule has 1 atom stereocenters. The third kappa shape index (κ3) is 16.2. The first-order valence-corrected chi connectivity index (χ1v) is 20.1. The van der Waals surface area contributed by atoms with Crippen LogP contribution in [0.25, 0.3) is 22.3 Å². The zero-order valence-electron chi connectivity index (χ0n) is 34.7. The first-order chi connectivity index (χ1) is 29.3. The summed E-state index contributed by atoms with van der Waals surface area (Å²) in [5.74, 6) is -2.81. The second-order valence-corrected chi connectivity index (χ2v) is 14.0. The molecule has 5 aromatic rings. The van der Waals surface area contributed by atoms with Crippen LogP contribution in [0.2, 0.25) is 0 Å². The maximum absolute atomic E-state index is 12.3. The second kappa shape index (κ2) is 25.9. The lowest BCUT2D eigenvalue weighted by molar-refractivity contribution is -0.191. The van der Waals surface area contributed by atoms with Crippen LogP contribution >= 0.6 is 0 Å². The standard InChI is InChI=1S/C21H20O6.C17H26O2.C8H8O4.CO2/c1-13(22)26-11-3-2-4-14-5-7-15(8-6-14)19-12-18(24)16-9-10-17(23)20(25)21(16)27-19;1-2-15-9-11-16(12-10-15)7-3-5-13-18-17-8-4-6-14-19-17;1-4(9)5-2-3-6(10)8(12)7(5)11;2-1-3/h5-10,12,23,25H,2-4,11H2,1H3;9-12,17H,2-8,13-14H2,1H3;2-3,10-12H,1H3;. The fourth-order valence-electron chi connectivity index (χ4n) is 6.10. The van der Waals surface area contributed by atoms with Crippen molar-refractivity contribution in [3.8, 4) is 40.1 Å². The lowest BCUT2D eigenvalue weighted by Gasteiger charge is -2.22. The number of unbranched alkanes of at least 4 members (excludes halogenated alkanes) is 2. The number of aromatic hydroxyl groups is 5. The summed E-state index contributed by atoms with van der Waals surface area (Å²) in [7, 11) is 0. The Bertz CT molecular complexity index is 2230. The number of aryl methyl sites for hydroxylation is 3. The number of fused-ring (bicyclic) bond motifs is 1. The van der Waals surface area contributed by atoms with Crippen LogP contribution in [0.3, 0.4) is 0 Å². The molecule has 0 spiro atoms. The molecule has 1 saturated heterocycles. The van der Waals surface area contributed by atoms with Crippen molar-refractivity contribution < 1.29 is 63.3 Å². The van der Waals surface area contributed by atoms with Crippen molar-refractivity contribution in [1.29, 1.82) is 0 Å². The minimum absolute atomic E-state index is 0.00898. The monoisotopic (exact) mass is 842 g/mol. The predicted octanol–water partition coefficient (Wildman–Crippen LogP) is 8.29. The highest BCUT2D eigenvalue weighted by molar-refractivity contribution is 5.97. The van der Waals surface area contributed by atoms with E-state index in [1.165, 1.54) is 68.5 Å². The van der Waals surface area contributed by atoms with Crippen molar-refractivity contribution in [2.75, 3.05) is 19.8 Å². The van der Waals surface area contributed by atoms with Crippen molar-refractivity contribution >= 4 is 28.9 Å². The van der Waals surface area contributed by atoms with Gasteiger partial charge in [-0.25, -0.2) is 0 Å². The van der Waals surface area contributed by atoms with Gasteiger partial charge < -0.3 is 44.2 Å². The average molecular weight is 843 g/mol. The van der Waals surface area contributed by atoms with E-state index in [0.29, 0.717) is 17.9 Å². The van der Waals surface area contributed by atoms with Crippen molar-refractivity contribution in [2.45, 2.75) is 91.3 Å². The van der Waals surface area contributed by atoms with E-state index in [9.17, 15) is 24.6 Å². The van der Waals surface area contributed by atoms with Gasteiger partial charge in [-0.1, -0.05) is 55.5 Å². The molecular formula is C47H54O14. The maximum Gasteiger partial charge on any atom is 0.373 e. The summed E-state index contributed by atoms with van der Waals surface area (Å²) in [5.41, 5.74) is 4.33. The number of esters is 1. The first kappa shape index (κ1) is 48.9. The molecule has 1 aromatic heterocycles. The Balaban J connectivity index is 0.000000253. The van der Waals surface area contributed by atoms with Crippen LogP contribution in [0, 0.1) is 0 Å². The number of rotatable bonds is 14. The molecule has 326 valence electrons. The smallest absolute Gasteiger partial charge is 0.373 e. The molecule has 0 amide bonds. The zero-order valence-corrected chi connectivity index (χ0v) is 34.7. The minimum atomic E-state index is -0.664. The number of hydrogen-bond donors (Lipinski definition) is 5. The Kier molecular flexibility index (Phi) is 20.8. The summed E-state index contributed by atoms with van der Waals surface area (Å²) in [6, 6.07) is 23.0. The molecule has 1 aliphatic heterocycles. The van der Waals surface area contributed by atoms with E-state index in [1.54, 1.807) is 0 Å². The molecule has 0 radical (unpaired) electrons. The van der Waals surface area contributed by atoms with Gasteiger partial charge in [0.05, 0.1) is 17.6 Å². The van der Waals surface area contributed by atoms with Crippen molar-refractivity contribution in [3.63, 3.8) is 0 Å². The van der Waals surface area contributed by atoms with Gasteiger partial charge in [-0.2, -0.15) is 9.59 Å². The highest BCUT2D eigenvalue weighted by atomic mass is 16.7. The van der Waals surface area contributed by atoms with Gasteiger partial charge in [-0.15, -0.1) is 0 Å². The molecule has 0 saturated carbocycles. The van der Waals surface area contributed by atoms with Gasteiger partial charge in [0.1, 0.15) is 5.76 Å². The summed E-state index contributed by atoms with van der Waals surface area (Å²) in [6.45, 7) is 6.97. The SMILES string of the molecule is CC(=O)OCCCCc1ccc(-c2cc(=O)c3ccc(O)c(O)c3o2)cc1.CC(=O)c1ccc(O)c(O)c1O.CCc1ccc(CCCCOC2CCCCO2)cc1.O=C=O. The molecule has 2 heterocycles. The minimum Gasteiger partial charge on any atom is -0.504 e. The number of hydrogen-bond acceptors (Lipinski definition) is 14. The van der Waals surface area contributed by atoms with Gasteiger partial charge in [0.15, 0.2) is 40.3 Å². The fraction of sp³-hybridized carbons (Fsp3) is 0.362. The number of benzene rings is 4. The van der Waals surface area contributed by atoms with Crippen LogP contribution in [-0.4, -0.2) is 69.5 Å². The number of ketones is 1. The molecule has 4 aromatic carbocycles. The van der Waals surface area contributed by atoms with Crippen LogP contribution in [-0.2, 0) is 47.9 Å². The lowest BCUT2D eigenvalue weighted by atomic mass is 10.0. The molecule has 14 nitrogen and oxygen atoms in total. The summed E-state index contributed by atoms with van der Waals surface area (Å²) in [5, 5.41) is 46.8. The zero-order chi connectivity index (χ0) is 44.7. The summed E-state index contributed by atoms with van der Waals surface area (Å²) < 4.78 is 21.8. The van der Waals surface area contributed by atoms with E-state index in [4.69, 9.17) is 43.5 Å². The Labute approximate surface area is 354 Å². The largest absolute Gasteiger partial charge is 0.504 e. The van der Waals surface area contributed by atoms with Crippen LogP contribution in [0.15, 0.2) is 88.1 Å². The Morgan fingerprint density at radius 1 is 0.721 bits per heavy atom.